The number of aliphatic hydroxyl groups is 1. The third-order valence-electron chi connectivity index (χ3n) is 5.50. The second-order valence-electron chi connectivity index (χ2n) is 7.54. The molecule has 31 heavy (non-hydrogen) atoms. The highest BCUT2D eigenvalue weighted by Crippen LogP contribution is 2.29. The van der Waals surface area contributed by atoms with E-state index < -0.39 is 12.0 Å². The summed E-state index contributed by atoms with van der Waals surface area (Å²) in [6.07, 6.45) is 3.27. The molecule has 1 aliphatic heterocycles. The van der Waals surface area contributed by atoms with Gasteiger partial charge in [-0.2, -0.15) is 0 Å². The summed E-state index contributed by atoms with van der Waals surface area (Å²) in [5.41, 5.74) is 12.3. The van der Waals surface area contributed by atoms with Crippen molar-refractivity contribution in [1.29, 1.82) is 0 Å². The molecule has 2 atom stereocenters. The Morgan fingerprint density at radius 1 is 1.16 bits per heavy atom. The van der Waals surface area contributed by atoms with Crippen molar-refractivity contribution in [3.05, 3.63) is 59.9 Å². The highest BCUT2D eigenvalue weighted by molar-refractivity contribution is 6.04. The Morgan fingerprint density at radius 3 is 2.65 bits per heavy atom. The fourth-order valence-electron chi connectivity index (χ4n) is 3.90. The second kappa shape index (κ2) is 8.75. The van der Waals surface area contributed by atoms with Gasteiger partial charge in [-0.05, 0) is 49.4 Å². The number of pyridine rings is 1. The van der Waals surface area contributed by atoms with E-state index in [9.17, 15) is 14.7 Å². The topological polar surface area (TPSA) is 137 Å². The van der Waals surface area contributed by atoms with Crippen molar-refractivity contribution < 1.29 is 19.4 Å². The van der Waals surface area contributed by atoms with Gasteiger partial charge in [0.05, 0.1) is 24.3 Å². The molecule has 1 fully saturated rings. The Balaban J connectivity index is 1.50. The van der Waals surface area contributed by atoms with Gasteiger partial charge < -0.3 is 30.8 Å². The smallest absolute Gasteiger partial charge is 0.254 e. The van der Waals surface area contributed by atoms with E-state index in [0.717, 1.165) is 6.42 Å². The molecule has 2 amide bonds. The molecular weight excluding hydrogens is 398 g/mol. The number of carbonyl (C=O) groups excluding carboxylic acids is 2. The van der Waals surface area contributed by atoms with Crippen LogP contribution in [0.3, 0.4) is 0 Å². The molecular formula is C22H25N5O4. The third kappa shape index (κ3) is 4.10. The molecule has 9 heteroatoms. The number of ether oxygens (including phenoxy) is 1. The Morgan fingerprint density at radius 2 is 1.94 bits per heavy atom. The SMILES string of the molecule is NCCCOc1ccc(C(=O)N2C[C@@H](O)[C@H](n3ccc4c(C(N)=O)ccnc43)C2)cc1. The van der Waals surface area contributed by atoms with Gasteiger partial charge in [0.1, 0.15) is 11.4 Å². The maximum atomic E-state index is 13.0. The normalized spacial score (nSPS) is 18.5. The molecule has 0 radical (unpaired) electrons. The zero-order valence-corrected chi connectivity index (χ0v) is 17.0. The lowest BCUT2D eigenvalue weighted by Gasteiger charge is -2.18. The number of benzene rings is 1. The summed E-state index contributed by atoms with van der Waals surface area (Å²) < 4.78 is 7.37. The van der Waals surface area contributed by atoms with Gasteiger partial charge in [-0.3, -0.25) is 9.59 Å². The number of β-amino-alcohol motifs (C(OH)–C–C–N with tert-alkyl or cyclic N) is 1. The first-order valence-corrected chi connectivity index (χ1v) is 10.1. The molecule has 0 spiro atoms. The lowest BCUT2D eigenvalue weighted by molar-refractivity contribution is 0.0764. The number of likely N-dealkylation sites (tertiary alicyclic amines) is 1. The van der Waals surface area contributed by atoms with Gasteiger partial charge in [0.15, 0.2) is 0 Å². The van der Waals surface area contributed by atoms with Crippen LogP contribution in [0.15, 0.2) is 48.8 Å². The van der Waals surface area contributed by atoms with Crippen LogP contribution in [0.4, 0.5) is 0 Å². The van der Waals surface area contributed by atoms with Gasteiger partial charge in [0.25, 0.3) is 5.91 Å². The first kappa shape index (κ1) is 20.8. The van der Waals surface area contributed by atoms with E-state index in [1.807, 2.05) is 0 Å². The summed E-state index contributed by atoms with van der Waals surface area (Å²) in [6.45, 7) is 1.61. The van der Waals surface area contributed by atoms with Crippen LogP contribution >= 0.6 is 0 Å². The molecule has 3 heterocycles. The van der Waals surface area contributed by atoms with Crippen LogP contribution in [0.2, 0.25) is 0 Å². The van der Waals surface area contributed by atoms with Crippen molar-refractivity contribution in [1.82, 2.24) is 14.5 Å². The summed E-state index contributed by atoms with van der Waals surface area (Å²) >= 11 is 0. The highest BCUT2D eigenvalue weighted by atomic mass is 16.5. The number of rotatable bonds is 7. The van der Waals surface area contributed by atoms with Crippen LogP contribution in [0.5, 0.6) is 5.75 Å². The van der Waals surface area contributed by atoms with E-state index >= 15 is 0 Å². The Bertz CT molecular complexity index is 1090. The van der Waals surface area contributed by atoms with E-state index in [0.29, 0.717) is 47.6 Å². The molecule has 0 saturated carbocycles. The first-order chi connectivity index (χ1) is 15.0. The summed E-state index contributed by atoms with van der Waals surface area (Å²) in [4.78, 5) is 30.6. The van der Waals surface area contributed by atoms with Crippen LogP contribution in [0.1, 0.15) is 33.2 Å². The van der Waals surface area contributed by atoms with Crippen LogP contribution in [0, 0.1) is 0 Å². The highest BCUT2D eigenvalue weighted by Gasteiger charge is 2.36. The fraction of sp³-hybridized carbons (Fsp3) is 0.318. The van der Waals surface area contributed by atoms with E-state index in [4.69, 9.17) is 16.2 Å². The molecule has 1 aromatic carbocycles. The zero-order chi connectivity index (χ0) is 22.0. The molecule has 2 aromatic heterocycles. The van der Waals surface area contributed by atoms with Gasteiger partial charge >= 0.3 is 0 Å². The molecule has 0 unspecified atom stereocenters. The van der Waals surface area contributed by atoms with Gasteiger partial charge in [0.2, 0.25) is 5.91 Å². The lowest BCUT2D eigenvalue weighted by Crippen LogP contribution is -2.29. The quantitative estimate of drug-likeness (QED) is 0.484. The maximum absolute atomic E-state index is 13.0. The average Bonchev–Trinajstić information content (AvgIpc) is 3.37. The molecule has 1 saturated heterocycles. The number of hydrogen-bond donors (Lipinski definition) is 3. The third-order valence-corrected chi connectivity index (χ3v) is 5.50. The minimum absolute atomic E-state index is 0.169. The Labute approximate surface area is 179 Å². The molecule has 162 valence electrons. The zero-order valence-electron chi connectivity index (χ0n) is 17.0. The molecule has 0 bridgehead atoms. The summed E-state index contributed by atoms with van der Waals surface area (Å²) in [7, 11) is 0. The van der Waals surface area contributed by atoms with Crippen molar-refractivity contribution in [3.63, 3.8) is 0 Å². The van der Waals surface area contributed by atoms with Crippen LogP contribution in [0.25, 0.3) is 11.0 Å². The van der Waals surface area contributed by atoms with Crippen LogP contribution < -0.4 is 16.2 Å². The predicted molar refractivity (Wildman–Crippen MR) is 115 cm³/mol. The Hall–Kier alpha value is -3.43. The van der Waals surface area contributed by atoms with Crippen LogP contribution in [-0.2, 0) is 0 Å². The van der Waals surface area contributed by atoms with E-state index in [2.05, 4.69) is 4.98 Å². The number of primary amides is 1. The second-order valence-corrected chi connectivity index (χ2v) is 7.54. The number of amides is 2. The largest absolute Gasteiger partial charge is 0.494 e. The molecule has 3 aromatic rings. The monoisotopic (exact) mass is 423 g/mol. The number of nitrogens with two attached hydrogens (primary N) is 2. The number of aromatic nitrogens is 2. The summed E-state index contributed by atoms with van der Waals surface area (Å²) in [5.74, 6) is -0.0267. The molecule has 4 rings (SSSR count). The average molecular weight is 423 g/mol. The van der Waals surface area contributed by atoms with Crippen molar-refractivity contribution in [2.45, 2.75) is 18.6 Å². The van der Waals surface area contributed by atoms with Gasteiger partial charge in [-0.15, -0.1) is 0 Å². The maximum Gasteiger partial charge on any atom is 0.254 e. The number of nitrogens with zero attached hydrogens (tertiary/aromatic N) is 3. The number of aliphatic hydroxyl groups excluding tert-OH is 1. The van der Waals surface area contributed by atoms with E-state index in [1.165, 1.54) is 6.20 Å². The number of hydrogen-bond acceptors (Lipinski definition) is 6. The van der Waals surface area contributed by atoms with Gasteiger partial charge in [-0.1, -0.05) is 0 Å². The minimum atomic E-state index is -0.766. The first-order valence-electron chi connectivity index (χ1n) is 10.1. The lowest BCUT2D eigenvalue weighted by atomic mass is 10.2. The summed E-state index contributed by atoms with van der Waals surface area (Å²) in [5, 5.41) is 11.3. The standard InChI is InChI=1S/C22H25N5O4/c23-8-1-11-31-15-4-2-14(3-5-15)22(30)26-12-18(19(28)13-26)27-10-7-17-16(20(24)29)6-9-25-21(17)27/h2-7,9-10,18-19,28H,1,8,11-13,23H2,(H2,24,29)/t18-,19-/m1/s1. The van der Waals surface area contributed by atoms with Crippen molar-refractivity contribution >= 4 is 22.8 Å². The van der Waals surface area contributed by atoms with E-state index in [1.54, 1.807) is 52.1 Å². The predicted octanol–water partition coefficient (Wildman–Crippen LogP) is 0.921. The van der Waals surface area contributed by atoms with Crippen molar-refractivity contribution in [3.8, 4) is 5.75 Å². The van der Waals surface area contributed by atoms with Gasteiger partial charge in [-0.25, -0.2) is 4.98 Å². The molecule has 1 aliphatic rings. The van der Waals surface area contributed by atoms with Gasteiger partial charge in [0, 0.05) is 36.4 Å². The van der Waals surface area contributed by atoms with E-state index in [-0.39, 0.29) is 18.5 Å². The van der Waals surface area contributed by atoms with Crippen LogP contribution in [-0.4, -0.2) is 63.7 Å². The number of carbonyl (C=O) groups is 2. The molecule has 0 aliphatic carbocycles. The van der Waals surface area contributed by atoms with Crippen molar-refractivity contribution in [2.24, 2.45) is 11.5 Å². The van der Waals surface area contributed by atoms with Crippen molar-refractivity contribution in [2.75, 3.05) is 26.2 Å². The minimum Gasteiger partial charge on any atom is -0.494 e. The molecule has 5 N–H and O–H groups in total. The number of fused-ring (bicyclic) bond motifs is 1. The molecule has 9 nitrogen and oxygen atoms in total. The Kier molecular flexibility index (Phi) is 5.88. The summed E-state index contributed by atoms with van der Waals surface area (Å²) in [6, 6.07) is 9.88. The fourth-order valence-corrected chi connectivity index (χ4v) is 3.90.